The normalized spacial score (nSPS) is 20.3. The fourth-order valence-electron chi connectivity index (χ4n) is 3.86. The van der Waals surface area contributed by atoms with E-state index in [1.807, 2.05) is 19.1 Å². The van der Waals surface area contributed by atoms with Gasteiger partial charge in [-0.05, 0) is 48.2 Å². The maximum Gasteiger partial charge on any atom is 0.170 e. The molecule has 0 aromatic heterocycles. The zero-order valence-electron chi connectivity index (χ0n) is 16.0. The van der Waals surface area contributed by atoms with Crippen LogP contribution in [-0.2, 0) is 0 Å². The summed E-state index contributed by atoms with van der Waals surface area (Å²) in [5, 5.41) is 0. The molecule has 0 spiro atoms. The molecule has 2 aromatic carbocycles. The van der Waals surface area contributed by atoms with Gasteiger partial charge in [-0.25, -0.2) is 0 Å². The molecular formula is C22H26O4. The van der Waals surface area contributed by atoms with Crippen molar-refractivity contribution in [2.24, 2.45) is 11.3 Å². The lowest BCUT2D eigenvalue weighted by Gasteiger charge is -2.10. The highest BCUT2D eigenvalue weighted by molar-refractivity contribution is 6.03. The average Bonchev–Trinajstić information content (AvgIpc) is 3.23. The Morgan fingerprint density at radius 1 is 1.00 bits per heavy atom. The van der Waals surface area contributed by atoms with Crippen LogP contribution in [-0.4, -0.2) is 26.6 Å². The molecule has 26 heavy (non-hydrogen) atoms. The van der Waals surface area contributed by atoms with Gasteiger partial charge in [0.25, 0.3) is 0 Å². The van der Waals surface area contributed by atoms with Crippen molar-refractivity contribution < 1.29 is 19.0 Å². The van der Waals surface area contributed by atoms with Gasteiger partial charge in [-0.1, -0.05) is 26.0 Å². The van der Waals surface area contributed by atoms with Crippen LogP contribution in [0, 0.1) is 11.3 Å². The third-order valence-electron chi connectivity index (χ3n) is 5.33. The number of carbonyl (C=O) groups is 1. The molecule has 0 aliphatic heterocycles. The average molecular weight is 354 g/mol. The molecule has 1 saturated carbocycles. The zero-order chi connectivity index (χ0) is 18.9. The molecule has 4 nitrogen and oxygen atoms in total. The summed E-state index contributed by atoms with van der Waals surface area (Å²) in [5.41, 5.74) is 1.65. The Kier molecular flexibility index (Phi) is 4.94. The number of hydrogen-bond acceptors (Lipinski definition) is 4. The van der Waals surface area contributed by atoms with E-state index in [4.69, 9.17) is 14.2 Å². The Morgan fingerprint density at radius 2 is 1.65 bits per heavy atom. The van der Waals surface area contributed by atoms with Gasteiger partial charge in [0.15, 0.2) is 5.78 Å². The first-order valence-corrected chi connectivity index (χ1v) is 8.93. The van der Waals surface area contributed by atoms with E-state index in [0.717, 1.165) is 5.75 Å². The third kappa shape index (κ3) is 3.16. The smallest absolute Gasteiger partial charge is 0.170 e. The van der Waals surface area contributed by atoms with Crippen molar-refractivity contribution >= 4 is 5.78 Å². The summed E-state index contributed by atoms with van der Waals surface area (Å²) in [6, 6.07) is 13.4. The molecule has 1 aliphatic carbocycles. The molecular weight excluding hydrogens is 328 g/mol. The zero-order valence-corrected chi connectivity index (χ0v) is 16.0. The highest BCUT2D eigenvalue weighted by atomic mass is 16.5. The predicted molar refractivity (Wildman–Crippen MR) is 101 cm³/mol. The van der Waals surface area contributed by atoms with Gasteiger partial charge >= 0.3 is 0 Å². The molecule has 1 aliphatic rings. The van der Waals surface area contributed by atoms with Gasteiger partial charge in [0, 0.05) is 11.8 Å². The summed E-state index contributed by atoms with van der Waals surface area (Å²) in [6.07, 6.45) is 0. The lowest BCUT2D eigenvalue weighted by molar-refractivity contribution is 0.0948. The van der Waals surface area contributed by atoms with Crippen molar-refractivity contribution in [1.29, 1.82) is 0 Å². The summed E-state index contributed by atoms with van der Waals surface area (Å²) in [7, 11) is 3.18. The molecule has 2 unspecified atom stereocenters. The first-order valence-electron chi connectivity index (χ1n) is 8.93. The van der Waals surface area contributed by atoms with Crippen molar-refractivity contribution in [3.8, 4) is 17.2 Å². The Morgan fingerprint density at radius 3 is 2.23 bits per heavy atom. The molecule has 0 N–H and O–H groups in total. The SMILES string of the molecule is CCOc1ccc(C2C(C(=O)c3cc(OC)ccc3OC)C2(C)C)cc1. The van der Waals surface area contributed by atoms with E-state index in [-0.39, 0.29) is 23.0 Å². The number of ether oxygens (including phenoxy) is 3. The molecule has 0 heterocycles. The summed E-state index contributed by atoms with van der Waals surface area (Å²) in [5.74, 6) is 2.30. The van der Waals surface area contributed by atoms with Crippen molar-refractivity contribution in [2.45, 2.75) is 26.7 Å². The Balaban J connectivity index is 1.88. The van der Waals surface area contributed by atoms with Gasteiger partial charge in [-0.2, -0.15) is 0 Å². The van der Waals surface area contributed by atoms with Crippen LogP contribution in [0.15, 0.2) is 42.5 Å². The molecule has 138 valence electrons. The second kappa shape index (κ2) is 7.02. The minimum absolute atomic E-state index is 0.0820. The van der Waals surface area contributed by atoms with Crippen molar-refractivity contribution in [2.75, 3.05) is 20.8 Å². The molecule has 1 fully saturated rings. The van der Waals surface area contributed by atoms with Crippen LogP contribution < -0.4 is 14.2 Å². The summed E-state index contributed by atoms with van der Waals surface area (Å²) in [4.78, 5) is 13.3. The highest BCUT2D eigenvalue weighted by Gasteiger charge is 2.62. The molecule has 0 bridgehead atoms. The second-order valence-corrected chi connectivity index (χ2v) is 7.21. The highest BCUT2D eigenvalue weighted by Crippen LogP contribution is 2.65. The van der Waals surface area contributed by atoms with Gasteiger partial charge in [-0.15, -0.1) is 0 Å². The Bertz CT molecular complexity index is 792. The summed E-state index contributed by atoms with van der Waals surface area (Å²) in [6.45, 7) is 6.89. The quantitative estimate of drug-likeness (QED) is 0.675. The second-order valence-electron chi connectivity index (χ2n) is 7.21. The minimum atomic E-state index is -0.0989. The number of benzene rings is 2. The minimum Gasteiger partial charge on any atom is -0.497 e. The third-order valence-corrected chi connectivity index (χ3v) is 5.33. The van der Waals surface area contributed by atoms with E-state index >= 15 is 0 Å². The largest absolute Gasteiger partial charge is 0.497 e. The molecule has 2 aromatic rings. The molecule has 2 atom stereocenters. The maximum absolute atomic E-state index is 13.3. The summed E-state index contributed by atoms with van der Waals surface area (Å²) >= 11 is 0. The summed E-state index contributed by atoms with van der Waals surface area (Å²) < 4.78 is 16.2. The molecule has 0 radical (unpaired) electrons. The van der Waals surface area contributed by atoms with Crippen molar-refractivity contribution in [3.63, 3.8) is 0 Å². The van der Waals surface area contributed by atoms with E-state index in [1.54, 1.807) is 32.4 Å². The van der Waals surface area contributed by atoms with Crippen LogP contribution in [0.25, 0.3) is 0 Å². The number of hydrogen-bond donors (Lipinski definition) is 0. The number of methoxy groups -OCH3 is 2. The monoisotopic (exact) mass is 354 g/mol. The lowest BCUT2D eigenvalue weighted by Crippen LogP contribution is -2.09. The van der Waals surface area contributed by atoms with E-state index in [1.165, 1.54) is 5.56 Å². The topological polar surface area (TPSA) is 44.8 Å². The van der Waals surface area contributed by atoms with Gasteiger partial charge < -0.3 is 14.2 Å². The molecule has 4 heteroatoms. The van der Waals surface area contributed by atoms with E-state index in [0.29, 0.717) is 23.7 Å². The van der Waals surface area contributed by atoms with Crippen molar-refractivity contribution in [3.05, 3.63) is 53.6 Å². The standard InChI is InChI=1S/C22H26O4/c1-6-26-15-9-7-14(8-10-15)19-20(22(19,2)3)21(23)17-13-16(24-4)11-12-18(17)25-5/h7-13,19-20H,6H2,1-5H3. The first-order chi connectivity index (χ1) is 12.4. The van der Waals surface area contributed by atoms with Crippen LogP contribution in [0.3, 0.4) is 0 Å². The van der Waals surface area contributed by atoms with E-state index in [2.05, 4.69) is 26.0 Å². The fourth-order valence-corrected chi connectivity index (χ4v) is 3.86. The predicted octanol–water partition coefficient (Wildman–Crippen LogP) is 4.73. The van der Waals surface area contributed by atoms with Gasteiger partial charge in [0.1, 0.15) is 17.2 Å². The lowest BCUT2D eigenvalue weighted by atomic mass is 10.0. The molecule has 3 rings (SSSR count). The number of ketones is 1. The van der Waals surface area contributed by atoms with Gasteiger partial charge in [0.2, 0.25) is 0 Å². The van der Waals surface area contributed by atoms with E-state index in [9.17, 15) is 4.79 Å². The van der Waals surface area contributed by atoms with Crippen LogP contribution in [0.5, 0.6) is 17.2 Å². The van der Waals surface area contributed by atoms with Gasteiger partial charge in [-0.3, -0.25) is 4.79 Å². The fraction of sp³-hybridized carbons (Fsp3) is 0.409. The van der Waals surface area contributed by atoms with Gasteiger partial charge in [0.05, 0.1) is 26.4 Å². The van der Waals surface area contributed by atoms with Crippen LogP contribution in [0.2, 0.25) is 0 Å². The maximum atomic E-state index is 13.3. The Hall–Kier alpha value is -2.49. The van der Waals surface area contributed by atoms with Crippen LogP contribution >= 0.6 is 0 Å². The first kappa shape index (κ1) is 18.3. The Labute approximate surface area is 155 Å². The molecule has 0 saturated heterocycles. The molecule has 0 amide bonds. The van der Waals surface area contributed by atoms with Crippen LogP contribution in [0.4, 0.5) is 0 Å². The number of rotatable bonds is 7. The van der Waals surface area contributed by atoms with E-state index < -0.39 is 0 Å². The number of carbonyl (C=O) groups excluding carboxylic acids is 1. The van der Waals surface area contributed by atoms with Crippen LogP contribution in [0.1, 0.15) is 42.6 Å². The van der Waals surface area contributed by atoms with Crippen molar-refractivity contribution in [1.82, 2.24) is 0 Å². The number of Topliss-reactive ketones (excluding diaryl/α,β-unsaturated/α-hetero) is 1.